The first-order valence-electron chi connectivity index (χ1n) is 7.46. The highest BCUT2D eigenvalue weighted by Gasteiger charge is 2.21. The van der Waals surface area contributed by atoms with Crippen molar-refractivity contribution >= 4 is 23.3 Å². The van der Waals surface area contributed by atoms with E-state index in [1.165, 1.54) is 7.11 Å². The van der Waals surface area contributed by atoms with Crippen LogP contribution in [-0.4, -0.2) is 41.6 Å². The first-order valence-corrected chi connectivity index (χ1v) is 8.34. The van der Waals surface area contributed by atoms with Crippen LogP contribution < -0.4 is 5.32 Å². The third kappa shape index (κ3) is 5.29. The maximum absolute atomic E-state index is 12.3. The number of hydrogen-bond donors (Lipinski definition) is 1. The lowest BCUT2D eigenvalue weighted by Gasteiger charge is -2.23. The van der Waals surface area contributed by atoms with Gasteiger partial charge in [-0.3, -0.25) is 0 Å². The van der Waals surface area contributed by atoms with Crippen LogP contribution in [0.1, 0.15) is 50.7 Å². The van der Waals surface area contributed by atoms with Crippen LogP contribution in [0, 0.1) is 0 Å². The van der Waals surface area contributed by atoms with E-state index in [2.05, 4.69) is 28.9 Å². The third-order valence-electron chi connectivity index (χ3n) is 3.09. The Morgan fingerprint density at radius 2 is 2.09 bits per heavy atom. The number of urea groups is 1. The third-order valence-corrected chi connectivity index (χ3v) is 4.29. The number of carbonyl (C=O) groups is 2. The Labute approximate surface area is 135 Å². The van der Waals surface area contributed by atoms with Crippen molar-refractivity contribution < 1.29 is 14.3 Å². The number of nitrogens with zero attached hydrogens (tertiary/aromatic N) is 2. The maximum atomic E-state index is 12.3. The van der Waals surface area contributed by atoms with Crippen LogP contribution in [0.15, 0.2) is 5.38 Å². The zero-order chi connectivity index (χ0) is 16.7. The lowest BCUT2D eigenvalue weighted by Crippen LogP contribution is -2.47. The molecule has 1 aromatic heterocycles. The summed E-state index contributed by atoms with van der Waals surface area (Å²) in [4.78, 5) is 29.9. The molecule has 22 heavy (non-hydrogen) atoms. The molecule has 0 bridgehead atoms. The summed E-state index contributed by atoms with van der Waals surface area (Å²) in [6.45, 7) is 8.84. The van der Waals surface area contributed by atoms with E-state index >= 15 is 0 Å². The zero-order valence-electron chi connectivity index (χ0n) is 13.9. The zero-order valence-corrected chi connectivity index (χ0v) is 14.7. The van der Waals surface area contributed by atoms with Gasteiger partial charge in [-0.25, -0.2) is 14.6 Å². The molecule has 0 radical (unpaired) electrons. The van der Waals surface area contributed by atoms with Gasteiger partial charge < -0.3 is 15.0 Å². The highest BCUT2D eigenvalue weighted by Crippen LogP contribution is 2.20. The van der Waals surface area contributed by atoms with Gasteiger partial charge in [-0.05, 0) is 13.3 Å². The monoisotopic (exact) mass is 327 g/mol. The average Bonchev–Trinajstić information content (AvgIpc) is 2.94. The SMILES string of the molecule is CCCN(Cc1csc(C(C)C)n1)C(=O)N[C@@H](C)C(=O)OC. The molecule has 0 saturated carbocycles. The normalized spacial score (nSPS) is 12.1. The summed E-state index contributed by atoms with van der Waals surface area (Å²) in [7, 11) is 1.30. The molecule has 124 valence electrons. The Bertz CT molecular complexity index is 502. The first kappa shape index (κ1) is 18.4. The Morgan fingerprint density at radius 1 is 1.41 bits per heavy atom. The van der Waals surface area contributed by atoms with Crippen LogP contribution in [0.4, 0.5) is 4.79 Å². The second-order valence-corrected chi connectivity index (χ2v) is 6.34. The Balaban J connectivity index is 2.71. The predicted molar refractivity (Wildman–Crippen MR) is 86.9 cm³/mol. The Hall–Kier alpha value is -1.63. The van der Waals surface area contributed by atoms with Gasteiger partial charge in [0.05, 0.1) is 24.4 Å². The summed E-state index contributed by atoms with van der Waals surface area (Å²) in [5, 5.41) is 5.70. The predicted octanol–water partition coefficient (Wildman–Crippen LogP) is 2.75. The fourth-order valence-corrected chi connectivity index (χ4v) is 2.72. The molecule has 6 nitrogen and oxygen atoms in total. The van der Waals surface area contributed by atoms with Crippen molar-refractivity contribution in [2.24, 2.45) is 0 Å². The minimum atomic E-state index is -0.668. The number of ether oxygens (including phenoxy) is 1. The molecule has 0 aromatic carbocycles. The highest BCUT2D eigenvalue weighted by molar-refractivity contribution is 7.09. The lowest BCUT2D eigenvalue weighted by atomic mass is 10.2. The average molecular weight is 327 g/mol. The molecule has 0 aliphatic carbocycles. The number of methoxy groups -OCH3 is 1. The van der Waals surface area contributed by atoms with Crippen molar-refractivity contribution in [3.05, 3.63) is 16.1 Å². The standard InChI is InChI=1S/C15H25N3O3S/c1-6-7-18(15(20)16-11(4)14(19)21-5)8-12-9-22-13(17-12)10(2)3/h9-11H,6-8H2,1-5H3,(H,16,20)/t11-/m0/s1. The molecule has 2 amide bonds. The van der Waals surface area contributed by atoms with Crippen LogP contribution in [-0.2, 0) is 16.1 Å². The molecule has 7 heteroatoms. The van der Waals surface area contributed by atoms with Gasteiger partial charge >= 0.3 is 12.0 Å². The largest absolute Gasteiger partial charge is 0.467 e. The van der Waals surface area contributed by atoms with Crippen molar-refractivity contribution in [2.45, 2.75) is 52.6 Å². The second kappa shape index (κ2) is 8.73. The summed E-state index contributed by atoms with van der Waals surface area (Å²) >= 11 is 1.61. The molecule has 0 aliphatic rings. The molecule has 1 aromatic rings. The molecule has 1 N–H and O–H groups in total. The van der Waals surface area contributed by atoms with E-state index in [4.69, 9.17) is 0 Å². The number of hydrogen-bond acceptors (Lipinski definition) is 5. The van der Waals surface area contributed by atoms with E-state index < -0.39 is 12.0 Å². The molecule has 1 heterocycles. The van der Waals surface area contributed by atoms with E-state index in [0.29, 0.717) is 19.0 Å². The molecular formula is C15H25N3O3S. The van der Waals surface area contributed by atoms with Crippen LogP contribution in [0.25, 0.3) is 0 Å². The van der Waals surface area contributed by atoms with Crippen LogP contribution in [0.3, 0.4) is 0 Å². The molecular weight excluding hydrogens is 302 g/mol. The second-order valence-electron chi connectivity index (χ2n) is 5.45. The van der Waals surface area contributed by atoms with Gasteiger partial charge in [0.1, 0.15) is 6.04 Å². The van der Waals surface area contributed by atoms with Gasteiger partial charge in [0.2, 0.25) is 0 Å². The van der Waals surface area contributed by atoms with Crippen molar-refractivity contribution in [1.82, 2.24) is 15.2 Å². The van der Waals surface area contributed by atoms with E-state index in [1.807, 2.05) is 12.3 Å². The minimum Gasteiger partial charge on any atom is -0.467 e. The van der Waals surface area contributed by atoms with E-state index in [9.17, 15) is 9.59 Å². The minimum absolute atomic E-state index is 0.279. The smallest absolute Gasteiger partial charge is 0.328 e. The maximum Gasteiger partial charge on any atom is 0.328 e. The highest BCUT2D eigenvalue weighted by atomic mass is 32.1. The number of carbonyl (C=O) groups excluding carboxylic acids is 2. The topological polar surface area (TPSA) is 71.5 Å². The molecule has 0 aliphatic heterocycles. The van der Waals surface area contributed by atoms with Gasteiger partial charge in [0.25, 0.3) is 0 Å². The number of rotatable bonds is 7. The van der Waals surface area contributed by atoms with Gasteiger partial charge in [0.15, 0.2) is 0 Å². The van der Waals surface area contributed by atoms with Gasteiger partial charge in [-0.15, -0.1) is 11.3 Å². The molecule has 0 spiro atoms. The summed E-state index contributed by atoms with van der Waals surface area (Å²) in [6, 6.07) is -0.947. The number of amides is 2. The van der Waals surface area contributed by atoms with E-state index in [-0.39, 0.29) is 6.03 Å². The lowest BCUT2D eigenvalue weighted by molar-refractivity contribution is -0.142. The number of thiazole rings is 1. The summed E-state index contributed by atoms with van der Waals surface area (Å²) < 4.78 is 4.62. The van der Waals surface area contributed by atoms with Crippen LogP contribution >= 0.6 is 11.3 Å². The van der Waals surface area contributed by atoms with Crippen molar-refractivity contribution in [1.29, 1.82) is 0 Å². The van der Waals surface area contributed by atoms with Gasteiger partial charge in [0, 0.05) is 17.8 Å². The van der Waals surface area contributed by atoms with E-state index in [1.54, 1.807) is 23.2 Å². The fraction of sp³-hybridized carbons (Fsp3) is 0.667. The fourth-order valence-electron chi connectivity index (χ4n) is 1.89. The van der Waals surface area contributed by atoms with Crippen LogP contribution in [0.5, 0.6) is 0 Å². The molecule has 1 rings (SSSR count). The summed E-state index contributed by atoms with van der Waals surface area (Å²) in [5.41, 5.74) is 0.878. The molecule has 0 unspecified atom stereocenters. The number of aromatic nitrogens is 1. The summed E-state index contributed by atoms with van der Waals surface area (Å²) in [6.07, 6.45) is 0.835. The van der Waals surface area contributed by atoms with Crippen LogP contribution in [0.2, 0.25) is 0 Å². The van der Waals surface area contributed by atoms with E-state index in [0.717, 1.165) is 17.1 Å². The number of esters is 1. The Morgan fingerprint density at radius 3 is 2.59 bits per heavy atom. The van der Waals surface area contributed by atoms with Crippen molar-refractivity contribution in [3.63, 3.8) is 0 Å². The van der Waals surface area contributed by atoms with Crippen molar-refractivity contribution in [2.75, 3.05) is 13.7 Å². The first-order chi connectivity index (χ1) is 10.4. The quantitative estimate of drug-likeness (QED) is 0.782. The van der Waals surface area contributed by atoms with Gasteiger partial charge in [-0.2, -0.15) is 0 Å². The number of nitrogens with one attached hydrogen (secondary N) is 1. The molecule has 1 atom stereocenters. The van der Waals surface area contributed by atoms with Crippen molar-refractivity contribution in [3.8, 4) is 0 Å². The van der Waals surface area contributed by atoms with Gasteiger partial charge in [-0.1, -0.05) is 20.8 Å². The summed E-state index contributed by atoms with van der Waals surface area (Å²) in [5.74, 6) is -0.0768. The molecule has 0 fully saturated rings. The molecule has 0 saturated heterocycles. The Kier molecular flexibility index (Phi) is 7.31.